The predicted octanol–water partition coefficient (Wildman–Crippen LogP) is 0.818. The van der Waals surface area contributed by atoms with Gasteiger partial charge in [-0.15, -0.1) is 0 Å². The zero-order valence-corrected chi connectivity index (χ0v) is 9.71. The molecule has 0 aromatic carbocycles. The second-order valence-electron chi connectivity index (χ2n) is 5.79. The third kappa shape index (κ3) is 3.56. The summed E-state index contributed by atoms with van der Waals surface area (Å²) < 4.78 is 0. The maximum atomic E-state index is 9.10. The number of likely N-dealkylation sites (tertiary alicyclic amines) is 1. The summed E-state index contributed by atoms with van der Waals surface area (Å²) in [6.07, 6.45) is 2.54. The van der Waals surface area contributed by atoms with Crippen LogP contribution in [0.4, 0.5) is 0 Å². The van der Waals surface area contributed by atoms with Gasteiger partial charge in [0.15, 0.2) is 0 Å². The molecule has 1 atom stereocenters. The number of nitrogens with zero attached hydrogens (tertiary/aromatic N) is 1. The van der Waals surface area contributed by atoms with E-state index in [-0.39, 0.29) is 6.61 Å². The van der Waals surface area contributed by atoms with Gasteiger partial charge in [-0.25, -0.2) is 0 Å². The highest BCUT2D eigenvalue weighted by molar-refractivity contribution is 4.87. The Labute approximate surface area is 87.3 Å². The number of hydrogen-bond acceptors (Lipinski definition) is 3. The fourth-order valence-electron chi connectivity index (χ4n) is 2.24. The number of aliphatic hydroxyl groups excluding tert-OH is 1. The van der Waals surface area contributed by atoms with Crippen LogP contribution in [0.3, 0.4) is 0 Å². The van der Waals surface area contributed by atoms with Crippen molar-refractivity contribution in [3.05, 3.63) is 0 Å². The minimum Gasteiger partial charge on any atom is -0.394 e. The first-order chi connectivity index (χ1) is 6.35. The third-order valence-corrected chi connectivity index (χ3v) is 2.93. The van der Waals surface area contributed by atoms with Crippen molar-refractivity contribution in [3.8, 4) is 0 Å². The highest BCUT2D eigenvalue weighted by atomic mass is 16.3. The molecule has 0 aromatic heterocycles. The Morgan fingerprint density at radius 3 is 2.64 bits per heavy atom. The Balaban J connectivity index is 2.46. The van der Waals surface area contributed by atoms with Crippen LogP contribution in [-0.2, 0) is 0 Å². The van der Waals surface area contributed by atoms with E-state index in [1.807, 2.05) is 6.92 Å². The van der Waals surface area contributed by atoms with Gasteiger partial charge in [-0.3, -0.25) is 0 Å². The Morgan fingerprint density at radius 1 is 1.50 bits per heavy atom. The van der Waals surface area contributed by atoms with E-state index in [0.29, 0.717) is 5.41 Å². The minimum atomic E-state index is -0.451. The van der Waals surface area contributed by atoms with Gasteiger partial charge in [-0.2, -0.15) is 0 Å². The standard InChI is InChI=1S/C11H24N2O/c1-10(2)5-4-6-13(7-10)8-11(3,12)9-14/h14H,4-9,12H2,1-3H3. The molecule has 14 heavy (non-hydrogen) atoms. The summed E-state index contributed by atoms with van der Waals surface area (Å²) in [4.78, 5) is 2.37. The van der Waals surface area contributed by atoms with E-state index < -0.39 is 5.54 Å². The van der Waals surface area contributed by atoms with Gasteiger partial charge in [0.05, 0.1) is 6.61 Å². The first-order valence-corrected chi connectivity index (χ1v) is 5.47. The van der Waals surface area contributed by atoms with E-state index in [2.05, 4.69) is 18.7 Å². The molecule has 0 spiro atoms. The van der Waals surface area contributed by atoms with Gasteiger partial charge in [0.1, 0.15) is 0 Å². The predicted molar refractivity (Wildman–Crippen MR) is 59.1 cm³/mol. The molecule has 0 aliphatic carbocycles. The number of aliphatic hydroxyl groups is 1. The van der Waals surface area contributed by atoms with E-state index in [0.717, 1.165) is 19.6 Å². The summed E-state index contributed by atoms with van der Waals surface area (Å²) in [6, 6.07) is 0. The monoisotopic (exact) mass is 200 g/mol. The quantitative estimate of drug-likeness (QED) is 0.709. The first kappa shape index (κ1) is 12.0. The maximum Gasteiger partial charge on any atom is 0.0621 e. The molecule has 1 heterocycles. The summed E-state index contributed by atoms with van der Waals surface area (Å²) in [7, 11) is 0. The Morgan fingerprint density at radius 2 is 2.14 bits per heavy atom. The molecule has 3 N–H and O–H groups in total. The topological polar surface area (TPSA) is 49.5 Å². The zero-order chi connectivity index (χ0) is 10.8. The van der Waals surface area contributed by atoms with E-state index in [9.17, 15) is 0 Å². The van der Waals surface area contributed by atoms with Crippen LogP contribution in [0.15, 0.2) is 0 Å². The molecule has 1 rings (SSSR count). The van der Waals surface area contributed by atoms with Crippen LogP contribution in [-0.4, -0.2) is 41.8 Å². The zero-order valence-electron chi connectivity index (χ0n) is 9.71. The molecule has 1 unspecified atom stereocenters. The number of piperidine rings is 1. The molecular formula is C11H24N2O. The second kappa shape index (κ2) is 4.17. The van der Waals surface area contributed by atoms with Crippen molar-refractivity contribution in [2.45, 2.75) is 39.2 Å². The molecule has 1 fully saturated rings. The maximum absolute atomic E-state index is 9.10. The lowest BCUT2D eigenvalue weighted by Gasteiger charge is -2.41. The van der Waals surface area contributed by atoms with E-state index in [4.69, 9.17) is 10.8 Å². The molecule has 0 aromatic rings. The van der Waals surface area contributed by atoms with Gasteiger partial charge in [0.25, 0.3) is 0 Å². The summed E-state index contributed by atoms with van der Waals surface area (Å²) in [6.45, 7) is 9.58. The normalized spacial score (nSPS) is 27.2. The second-order valence-corrected chi connectivity index (χ2v) is 5.79. The molecule has 0 radical (unpaired) electrons. The van der Waals surface area contributed by atoms with Crippen molar-refractivity contribution >= 4 is 0 Å². The van der Waals surface area contributed by atoms with Crippen molar-refractivity contribution in [2.75, 3.05) is 26.2 Å². The summed E-state index contributed by atoms with van der Waals surface area (Å²) in [5.74, 6) is 0. The largest absolute Gasteiger partial charge is 0.394 e. The summed E-state index contributed by atoms with van der Waals surface area (Å²) in [5, 5.41) is 9.10. The Bertz CT molecular complexity index is 190. The third-order valence-electron chi connectivity index (χ3n) is 2.93. The molecular weight excluding hydrogens is 176 g/mol. The van der Waals surface area contributed by atoms with E-state index in [1.165, 1.54) is 12.8 Å². The van der Waals surface area contributed by atoms with E-state index in [1.54, 1.807) is 0 Å². The van der Waals surface area contributed by atoms with Crippen LogP contribution in [0.2, 0.25) is 0 Å². The molecule has 0 saturated carbocycles. The summed E-state index contributed by atoms with van der Waals surface area (Å²) >= 11 is 0. The van der Waals surface area contributed by atoms with Crippen molar-refractivity contribution in [1.82, 2.24) is 4.90 Å². The van der Waals surface area contributed by atoms with Gasteiger partial charge in [-0.1, -0.05) is 13.8 Å². The van der Waals surface area contributed by atoms with Crippen LogP contribution >= 0.6 is 0 Å². The molecule has 3 nitrogen and oxygen atoms in total. The van der Waals surface area contributed by atoms with Crippen molar-refractivity contribution < 1.29 is 5.11 Å². The lowest BCUT2D eigenvalue weighted by molar-refractivity contribution is 0.0794. The van der Waals surface area contributed by atoms with Gasteiger partial charge in [0.2, 0.25) is 0 Å². The fourth-order valence-corrected chi connectivity index (χ4v) is 2.24. The average molecular weight is 200 g/mol. The first-order valence-electron chi connectivity index (χ1n) is 5.47. The number of rotatable bonds is 3. The molecule has 3 heteroatoms. The lowest BCUT2D eigenvalue weighted by atomic mass is 9.83. The van der Waals surface area contributed by atoms with Crippen LogP contribution in [0.5, 0.6) is 0 Å². The Hall–Kier alpha value is -0.120. The molecule has 1 saturated heterocycles. The van der Waals surface area contributed by atoms with Crippen molar-refractivity contribution in [1.29, 1.82) is 0 Å². The molecule has 1 aliphatic rings. The molecule has 0 amide bonds. The lowest BCUT2D eigenvalue weighted by Crippen LogP contribution is -2.53. The van der Waals surface area contributed by atoms with Crippen LogP contribution in [0.25, 0.3) is 0 Å². The summed E-state index contributed by atoms with van der Waals surface area (Å²) in [5.41, 5.74) is 5.90. The minimum absolute atomic E-state index is 0.0595. The number of hydrogen-bond donors (Lipinski definition) is 2. The van der Waals surface area contributed by atoms with Crippen LogP contribution < -0.4 is 5.73 Å². The fraction of sp³-hybridized carbons (Fsp3) is 1.00. The smallest absolute Gasteiger partial charge is 0.0621 e. The molecule has 1 aliphatic heterocycles. The molecule has 0 bridgehead atoms. The highest BCUT2D eigenvalue weighted by Gasteiger charge is 2.29. The Kier molecular flexibility index (Phi) is 3.56. The van der Waals surface area contributed by atoms with Crippen molar-refractivity contribution in [2.24, 2.45) is 11.1 Å². The number of nitrogens with two attached hydrogens (primary N) is 1. The van der Waals surface area contributed by atoms with Gasteiger partial charge < -0.3 is 15.7 Å². The highest BCUT2D eigenvalue weighted by Crippen LogP contribution is 2.28. The van der Waals surface area contributed by atoms with Gasteiger partial charge in [-0.05, 0) is 31.7 Å². The van der Waals surface area contributed by atoms with Crippen molar-refractivity contribution in [3.63, 3.8) is 0 Å². The average Bonchev–Trinajstić information content (AvgIpc) is 2.01. The molecule has 84 valence electrons. The van der Waals surface area contributed by atoms with Crippen LogP contribution in [0.1, 0.15) is 33.6 Å². The van der Waals surface area contributed by atoms with Gasteiger partial charge >= 0.3 is 0 Å². The van der Waals surface area contributed by atoms with Crippen LogP contribution in [0, 0.1) is 5.41 Å². The van der Waals surface area contributed by atoms with E-state index >= 15 is 0 Å². The van der Waals surface area contributed by atoms with Gasteiger partial charge in [0, 0.05) is 18.6 Å². The SMILES string of the molecule is CC1(C)CCCN(CC(C)(N)CO)C1.